The van der Waals surface area contributed by atoms with Gasteiger partial charge in [0.1, 0.15) is 0 Å². The molecule has 652 valence electrons. The molecule has 4 saturated heterocycles. The Hall–Kier alpha value is -9.89. The summed E-state index contributed by atoms with van der Waals surface area (Å²) in [5, 5.41) is 29.1. The lowest BCUT2D eigenvalue weighted by Gasteiger charge is -2.33. The van der Waals surface area contributed by atoms with Gasteiger partial charge in [-0.1, -0.05) is 100 Å². The standard InChI is InChI=1S/C23H27F3N4O2.2C22H27F3N4O.C21H25F3N4O/c1-2-20(31)30-11-5-8-19-17(14-30)21(28-27-19)22(32)29-12-9-15(10-13-29)16-6-3-4-7-18(16)23(24,25)26;1-2-10-28-11-9-19-17(14-28)20(27-26-19)21(30)29-12-7-15(8-13-29)16-5-3-4-6-18(16)22(23,24)25;1-2-10-28-11-9-17-19(14-28)26-27-20(17)21(30)29-12-7-15(8-13-29)16-5-3-4-6-18(16)22(23,24)25;1-2-9-27-12-16-18(13-27)25-26-19(16)20(29)28-10-7-14(8-11-28)15-5-3-4-6-17(15)21(22,23)24/h3-4,6-7,15H,2,5,8-14H2,1H3,(H,27,28);2*3-6,15H,2,7-14H2,1H3,(H,26,27);3-6,14H,2,7-13H2,1H3,(H,25,26). The maximum atomic E-state index is 13.4. The number of likely N-dealkylation sites (tertiary alicyclic amines) is 4. The number of carbonyl (C=O) groups is 5. The van der Waals surface area contributed by atoms with Crippen LogP contribution in [0.4, 0.5) is 52.7 Å². The summed E-state index contributed by atoms with van der Waals surface area (Å²) in [4.78, 5) is 80.2. The second-order valence-electron chi connectivity index (χ2n) is 32.8. The number of fused-ring (bicyclic) bond motifs is 4. The molecule has 0 radical (unpaired) electrons. The van der Waals surface area contributed by atoms with E-state index in [0.717, 1.165) is 173 Å². The fourth-order valence-corrected chi connectivity index (χ4v) is 18.7. The van der Waals surface area contributed by atoms with Gasteiger partial charge < -0.3 is 24.5 Å². The molecule has 121 heavy (non-hydrogen) atoms. The summed E-state index contributed by atoms with van der Waals surface area (Å²) in [6, 6.07) is 23.0. The highest BCUT2D eigenvalue weighted by Crippen LogP contribution is 2.45. The number of aromatic nitrogens is 8. The van der Waals surface area contributed by atoms with Gasteiger partial charge in [0.25, 0.3) is 23.6 Å². The first-order valence-electron chi connectivity index (χ1n) is 42.4. The van der Waals surface area contributed by atoms with E-state index in [0.29, 0.717) is 168 Å². The molecule has 0 atom stereocenters. The lowest BCUT2D eigenvalue weighted by molar-refractivity contribution is -0.139. The number of amides is 5. The zero-order valence-corrected chi connectivity index (χ0v) is 68.7. The molecule has 0 unspecified atom stereocenters. The molecule has 12 heterocycles. The summed E-state index contributed by atoms with van der Waals surface area (Å²) in [5.41, 5.74) is 8.39. The van der Waals surface area contributed by atoms with E-state index in [4.69, 9.17) is 0 Å². The van der Waals surface area contributed by atoms with Gasteiger partial charge in [0.05, 0.1) is 33.6 Å². The van der Waals surface area contributed by atoms with E-state index in [-0.39, 0.29) is 53.2 Å². The smallest absolute Gasteiger partial charge is 0.338 e. The van der Waals surface area contributed by atoms with Gasteiger partial charge in [0.2, 0.25) is 5.91 Å². The van der Waals surface area contributed by atoms with Crippen LogP contribution in [0.1, 0.15) is 266 Å². The summed E-state index contributed by atoms with van der Waals surface area (Å²) < 4.78 is 160. The first-order valence-corrected chi connectivity index (χ1v) is 42.4. The van der Waals surface area contributed by atoms with Crippen LogP contribution in [0, 0.1) is 0 Å². The average Bonchev–Trinajstić information content (AvgIpc) is 1.70. The Bertz CT molecular complexity index is 4880. The molecular formula is C88H106F12N16O5. The molecule has 4 fully saturated rings. The normalized spacial score (nSPS) is 18.2. The van der Waals surface area contributed by atoms with E-state index in [1.165, 1.54) is 30.3 Å². The van der Waals surface area contributed by atoms with Crippen molar-refractivity contribution >= 4 is 29.5 Å². The second kappa shape index (κ2) is 38.7. The van der Waals surface area contributed by atoms with Crippen molar-refractivity contribution in [3.63, 3.8) is 0 Å². The molecule has 0 bridgehead atoms. The first kappa shape index (κ1) is 88.9. The minimum absolute atomic E-state index is 0.0431. The third kappa shape index (κ3) is 20.7. The van der Waals surface area contributed by atoms with Crippen LogP contribution in [0.15, 0.2) is 97.1 Å². The van der Waals surface area contributed by atoms with E-state index in [1.807, 2.05) is 6.92 Å². The zero-order valence-electron chi connectivity index (χ0n) is 68.7. The number of nitrogens with one attached hydrogen (secondary N) is 4. The highest BCUT2D eigenvalue weighted by atomic mass is 19.4. The predicted octanol–water partition coefficient (Wildman–Crippen LogP) is 16.7. The summed E-state index contributed by atoms with van der Waals surface area (Å²) in [6.07, 6.45) is -6.63. The van der Waals surface area contributed by atoms with Crippen LogP contribution in [-0.2, 0) is 81.5 Å². The minimum Gasteiger partial charge on any atom is -0.338 e. The van der Waals surface area contributed by atoms with Crippen molar-refractivity contribution in [3.8, 4) is 0 Å². The number of halogens is 12. The predicted molar refractivity (Wildman–Crippen MR) is 429 cm³/mol. The number of aryl methyl sites for hydroxylation is 1. The fourth-order valence-electron chi connectivity index (χ4n) is 18.7. The SMILES string of the molecule is CCC(=O)N1CCCc2[nH]nc(C(=O)N3CCC(c4ccccc4C(F)(F)F)CC3)c2C1.CCCN1CCc2[nH]nc(C(=O)N3CCC(c4ccccc4C(F)(F)F)CC3)c2C1.CCCN1CCc2c(C(=O)N3CCC(c4ccccc4C(F)(F)F)CC3)n[nH]c2C1.CCCN1Cc2[nH]nc(C(=O)N3CCC(c4ccccc4C(F)(F)F)CC3)c2C1. The molecule has 0 aliphatic carbocycles. The van der Waals surface area contributed by atoms with E-state index in [1.54, 1.807) is 67.0 Å². The molecule has 33 heteroatoms. The topological polar surface area (TPSA) is 226 Å². The summed E-state index contributed by atoms with van der Waals surface area (Å²) in [6.45, 7) is 20.5. The molecule has 4 N–H and O–H groups in total. The van der Waals surface area contributed by atoms with Crippen LogP contribution in [0.2, 0.25) is 0 Å². The van der Waals surface area contributed by atoms with E-state index in [2.05, 4.69) is 76.3 Å². The number of H-pyrrole nitrogens is 4. The number of nitrogens with zero attached hydrogens (tertiary/aromatic N) is 12. The lowest BCUT2D eigenvalue weighted by atomic mass is 9.86. The van der Waals surface area contributed by atoms with Crippen LogP contribution < -0.4 is 0 Å². The Kier molecular flexibility index (Phi) is 28.4. The Balaban J connectivity index is 0.000000139. The van der Waals surface area contributed by atoms with Gasteiger partial charge in [-0.25, -0.2) is 0 Å². The highest BCUT2D eigenvalue weighted by Gasteiger charge is 2.43. The third-order valence-corrected chi connectivity index (χ3v) is 24.9. The van der Waals surface area contributed by atoms with E-state index in [9.17, 15) is 76.7 Å². The molecule has 8 aliphatic heterocycles. The number of benzene rings is 4. The van der Waals surface area contributed by atoms with Gasteiger partial charge in [-0.2, -0.15) is 73.1 Å². The van der Waals surface area contributed by atoms with Gasteiger partial charge in [0.15, 0.2) is 22.8 Å². The average molecular weight is 1700 g/mol. The number of hydrogen-bond donors (Lipinski definition) is 4. The molecular weight excluding hydrogens is 1590 g/mol. The number of carbonyl (C=O) groups excluding carboxylic acids is 5. The molecule has 5 amide bonds. The van der Waals surface area contributed by atoms with Gasteiger partial charge in [-0.05, 0) is 180 Å². The largest absolute Gasteiger partial charge is 0.416 e. The number of alkyl halides is 12. The Morgan fingerprint density at radius 1 is 0.322 bits per heavy atom. The summed E-state index contributed by atoms with van der Waals surface area (Å²) in [7, 11) is 0. The molecule has 0 spiro atoms. The van der Waals surface area contributed by atoms with E-state index >= 15 is 0 Å². The molecule has 21 nitrogen and oxygen atoms in total. The van der Waals surface area contributed by atoms with Gasteiger partial charge in [-0.3, -0.25) is 59.1 Å². The monoisotopic (exact) mass is 1690 g/mol. The second-order valence-corrected chi connectivity index (χ2v) is 32.8. The van der Waals surface area contributed by atoms with Gasteiger partial charge in [-0.15, -0.1) is 0 Å². The lowest BCUT2D eigenvalue weighted by Crippen LogP contribution is -2.39. The molecule has 16 rings (SSSR count). The first-order chi connectivity index (χ1) is 57.9. The van der Waals surface area contributed by atoms with Crippen molar-refractivity contribution in [3.05, 3.63) is 209 Å². The quantitative estimate of drug-likeness (QED) is 0.0703. The maximum Gasteiger partial charge on any atom is 0.416 e. The molecule has 8 aliphatic rings. The van der Waals surface area contributed by atoms with Crippen LogP contribution in [0.5, 0.6) is 0 Å². The zero-order chi connectivity index (χ0) is 86.1. The van der Waals surface area contributed by atoms with Crippen molar-refractivity contribution in [2.45, 2.75) is 212 Å². The maximum absolute atomic E-state index is 13.4. The van der Waals surface area contributed by atoms with Crippen molar-refractivity contribution in [1.29, 1.82) is 0 Å². The van der Waals surface area contributed by atoms with Crippen LogP contribution in [-0.4, -0.2) is 201 Å². The Labute approximate surface area is 695 Å². The van der Waals surface area contributed by atoms with Crippen LogP contribution >= 0.6 is 0 Å². The van der Waals surface area contributed by atoms with Crippen LogP contribution in [0.3, 0.4) is 0 Å². The number of piperidine rings is 4. The fraction of sp³-hybridized carbons (Fsp3) is 0.534. The minimum atomic E-state index is -4.39. The van der Waals surface area contributed by atoms with E-state index < -0.39 is 47.0 Å². The summed E-state index contributed by atoms with van der Waals surface area (Å²) in [5.74, 6) is -1.36. The molecule has 4 aromatic heterocycles. The number of rotatable bonds is 15. The van der Waals surface area contributed by atoms with Crippen molar-refractivity contribution in [1.82, 2.24) is 80.0 Å². The Morgan fingerprint density at radius 3 is 0.959 bits per heavy atom. The molecule has 4 aromatic carbocycles. The van der Waals surface area contributed by atoms with Crippen molar-refractivity contribution in [2.24, 2.45) is 0 Å². The third-order valence-electron chi connectivity index (χ3n) is 24.9. The highest BCUT2D eigenvalue weighted by molar-refractivity contribution is 5.96. The Morgan fingerprint density at radius 2 is 0.603 bits per heavy atom. The number of hydrogen-bond acceptors (Lipinski definition) is 12. The number of aromatic amines is 4. The summed E-state index contributed by atoms with van der Waals surface area (Å²) >= 11 is 0. The van der Waals surface area contributed by atoms with Crippen LogP contribution in [0.25, 0.3) is 0 Å². The molecule has 0 saturated carbocycles. The van der Waals surface area contributed by atoms with Gasteiger partial charge >= 0.3 is 24.7 Å². The van der Waals surface area contributed by atoms with Crippen molar-refractivity contribution < 1.29 is 76.7 Å². The molecule has 8 aromatic rings. The van der Waals surface area contributed by atoms with Crippen molar-refractivity contribution in [2.75, 3.05) is 91.6 Å². The van der Waals surface area contributed by atoms with Gasteiger partial charge in [0, 0.05) is 151 Å².